The molecular formula is C15H21NO2. The number of hydrogen-bond donors (Lipinski definition) is 0. The minimum absolute atomic E-state index is 0.0706. The maximum atomic E-state index is 12.7. The predicted molar refractivity (Wildman–Crippen MR) is 71.2 cm³/mol. The van der Waals surface area contributed by atoms with E-state index in [2.05, 4.69) is 0 Å². The number of carbonyl (C=O) groups is 1. The van der Waals surface area contributed by atoms with Gasteiger partial charge in [0.15, 0.2) is 5.60 Å². The van der Waals surface area contributed by atoms with Crippen LogP contribution in [-0.4, -0.2) is 30.5 Å². The van der Waals surface area contributed by atoms with Gasteiger partial charge in [0.25, 0.3) is 5.91 Å². The van der Waals surface area contributed by atoms with Gasteiger partial charge in [-0.25, -0.2) is 0 Å². The fraction of sp³-hybridized carbons (Fsp3) is 0.533. The van der Waals surface area contributed by atoms with Crippen molar-refractivity contribution in [1.82, 2.24) is 4.90 Å². The van der Waals surface area contributed by atoms with Crippen molar-refractivity contribution in [2.24, 2.45) is 0 Å². The van der Waals surface area contributed by atoms with Crippen molar-refractivity contribution in [2.45, 2.75) is 38.3 Å². The van der Waals surface area contributed by atoms with Gasteiger partial charge in [-0.2, -0.15) is 0 Å². The Hall–Kier alpha value is -1.35. The number of carbonyl (C=O) groups excluding carboxylic acids is 1. The number of amides is 1. The van der Waals surface area contributed by atoms with E-state index in [1.807, 2.05) is 51.2 Å². The topological polar surface area (TPSA) is 29.5 Å². The SMILES string of the molecule is CC(C)N(C)C(=O)C1(c2ccccc2)CCCO1. The van der Waals surface area contributed by atoms with Crippen LogP contribution in [0.5, 0.6) is 0 Å². The number of hydrogen-bond acceptors (Lipinski definition) is 2. The highest BCUT2D eigenvalue weighted by Gasteiger charge is 2.46. The van der Waals surface area contributed by atoms with Gasteiger partial charge in [-0.1, -0.05) is 30.3 Å². The molecule has 1 fully saturated rings. The van der Waals surface area contributed by atoms with Crippen LogP contribution >= 0.6 is 0 Å². The monoisotopic (exact) mass is 247 g/mol. The lowest BCUT2D eigenvalue weighted by atomic mass is 9.89. The third-order valence-electron chi connectivity index (χ3n) is 3.70. The van der Waals surface area contributed by atoms with E-state index >= 15 is 0 Å². The molecule has 0 spiro atoms. The summed E-state index contributed by atoms with van der Waals surface area (Å²) in [6.45, 7) is 4.70. The first kappa shape index (κ1) is 13.1. The lowest BCUT2D eigenvalue weighted by molar-refractivity contribution is -0.154. The van der Waals surface area contributed by atoms with Gasteiger partial charge in [-0.05, 0) is 32.3 Å². The average molecular weight is 247 g/mol. The highest BCUT2D eigenvalue weighted by Crippen LogP contribution is 2.37. The standard InChI is InChI=1S/C15H21NO2/c1-12(2)16(3)14(17)15(10-7-11-18-15)13-8-5-4-6-9-13/h4-6,8-9,12H,7,10-11H2,1-3H3. The zero-order valence-corrected chi connectivity index (χ0v) is 11.3. The minimum atomic E-state index is -0.764. The summed E-state index contributed by atoms with van der Waals surface area (Å²) in [5, 5.41) is 0. The highest BCUT2D eigenvalue weighted by atomic mass is 16.5. The summed E-state index contributed by atoms with van der Waals surface area (Å²) < 4.78 is 5.87. The molecule has 0 bridgehead atoms. The average Bonchev–Trinajstić information content (AvgIpc) is 2.88. The molecule has 1 aromatic carbocycles. The summed E-state index contributed by atoms with van der Waals surface area (Å²) in [5.41, 5.74) is 0.209. The summed E-state index contributed by atoms with van der Waals surface area (Å²) in [5.74, 6) is 0.0706. The molecule has 1 unspecified atom stereocenters. The van der Waals surface area contributed by atoms with Crippen LogP contribution in [-0.2, 0) is 15.1 Å². The molecule has 1 saturated heterocycles. The van der Waals surface area contributed by atoms with Crippen LogP contribution in [0.15, 0.2) is 30.3 Å². The zero-order chi connectivity index (χ0) is 13.2. The van der Waals surface area contributed by atoms with Crippen LogP contribution in [0, 0.1) is 0 Å². The fourth-order valence-electron chi connectivity index (χ4n) is 2.39. The van der Waals surface area contributed by atoms with E-state index in [1.165, 1.54) is 0 Å². The van der Waals surface area contributed by atoms with Crippen LogP contribution in [0.2, 0.25) is 0 Å². The molecule has 3 heteroatoms. The Balaban J connectivity index is 2.36. The Morgan fingerprint density at radius 2 is 2.00 bits per heavy atom. The normalized spacial score (nSPS) is 23.3. The molecular weight excluding hydrogens is 226 g/mol. The van der Waals surface area contributed by atoms with Crippen LogP contribution < -0.4 is 0 Å². The summed E-state index contributed by atoms with van der Waals surface area (Å²) in [6, 6.07) is 10.0. The first-order chi connectivity index (χ1) is 8.58. The number of benzene rings is 1. The summed E-state index contributed by atoms with van der Waals surface area (Å²) in [6.07, 6.45) is 1.71. The van der Waals surface area contributed by atoms with Crippen molar-refractivity contribution >= 4 is 5.91 Å². The van der Waals surface area contributed by atoms with Gasteiger partial charge in [0, 0.05) is 19.7 Å². The molecule has 0 aromatic heterocycles. The largest absolute Gasteiger partial charge is 0.360 e. The maximum Gasteiger partial charge on any atom is 0.259 e. The van der Waals surface area contributed by atoms with Crippen LogP contribution in [0.25, 0.3) is 0 Å². The van der Waals surface area contributed by atoms with Gasteiger partial charge in [0.05, 0.1) is 0 Å². The summed E-state index contributed by atoms with van der Waals surface area (Å²) in [4.78, 5) is 14.5. The predicted octanol–water partition coefficient (Wildman–Crippen LogP) is 2.56. The van der Waals surface area contributed by atoms with E-state index in [-0.39, 0.29) is 11.9 Å². The van der Waals surface area contributed by atoms with Crippen molar-refractivity contribution in [1.29, 1.82) is 0 Å². The van der Waals surface area contributed by atoms with Crippen molar-refractivity contribution in [2.75, 3.05) is 13.7 Å². The summed E-state index contributed by atoms with van der Waals surface area (Å²) in [7, 11) is 1.85. The molecule has 1 amide bonds. The highest BCUT2D eigenvalue weighted by molar-refractivity contribution is 5.87. The van der Waals surface area contributed by atoms with Crippen molar-refractivity contribution in [3.05, 3.63) is 35.9 Å². The Kier molecular flexibility index (Phi) is 3.71. The first-order valence-corrected chi connectivity index (χ1v) is 6.54. The molecule has 0 radical (unpaired) electrons. The Morgan fingerprint density at radius 3 is 2.50 bits per heavy atom. The fourth-order valence-corrected chi connectivity index (χ4v) is 2.39. The molecule has 1 heterocycles. The number of nitrogens with zero attached hydrogens (tertiary/aromatic N) is 1. The molecule has 1 aliphatic heterocycles. The zero-order valence-electron chi connectivity index (χ0n) is 11.3. The van der Waals surface area contributed by atoms with Crippen LogP contribution in [0.3, 0.4) is 0 Å². The molecule has 2 rings (SSSR count). The second-order valence-corrected chi connectivity index (χ2v) is 5.15. The smallest absolute Gasteiger partial charge is 0.259 e. The van der Waals surface area contributed by atoms with Crippen LogP contribution in [0.4, 0.5) is 0 Å². The lowest BCUT2D eigenvalue weighted by Gasteiger charge is -2.34. The minimum Gasteiger partial charge on any atom is -0.360 e. The van der Waals surface area contributed by atoms with E-state index in [0.29, 0.717) is 6.61 Å². The van der Waals surface area contributed by atoms with Crippen molar-refractivity contribution in [3.8, 4) is 0 Å². The third-order valence-corrected chi connectivity index (χ3v) is 3.70. The first-order valence-electron chi connectivity index (χ1n) is 6.54. The van der Waals surface area contributed by atoms with Gasteiger partial charge in [0.2, 0.25) is 0 Å². The number of ether oxygens (including phenoxy) is 1. The van der Waals surface area contributed by atoms with E-state index in [0.717, 1.165) is 18.4 Å². The van der Waals surface area contributed by atoms with Gasteiger partial charge < -0.3 is 9.64 Å². The van der Waals surface area contributed by atoms with E-state index in [1.54, 1.807) is 4.90 Å². The molecule has 18 heavy (non-hydrogen) atoms. The number of likely N-dealkylation sites (N-methyl/N-ethyl adjacent to an activating group) is 1. The van der Waals surface area contributed by atoms with E-state index in [9.17, 15) is 4.79 Å². The lowest BCUT2D eigenvalue weighted by Crippen LogP contribution is -2.47. The molecule has 0 aliphatic carbocycles. The molecule has 0 saturated carbocycles. The quantitative estimate of drug-likeness (QED) is 0.821. The second-order valence-electron chi connectivity index (χ2n) is 5.15. The number of rotatable bonds is 3. The third kappa shape index (κ3) is 2.15. The van der Waals surface area contributed by atoms with Gasteiger partial charge in [0.1, 0.15) is 0 Å². The Labute approximate surface area is 109 Å². The molecule has 0 N–H and O–H groups in total. The molecule has 1 aromatic rings. The molecule has 1 atom stereocenters. The second kappa shape index (κ2) is 5.11. The molecule has 98 valence electrons. The molecule has 1 aliphatic rings. The molecule has 3 nitrogen and oxygen atoms in total. The van der Waals surface area contributed by atoms with Crippen LogP contribution in [0.1, 0.15) is 32.3 Å². The van der Waals surface area contributed by atoms with E-state index in [4.69, 9.17) is 4.74 Å². The maximum absolute atomic E-state index is 12.7. The Morgan fingerprint density at radius 1 is 1.33 bits per heavy atom. The van der Waals surface area contributed by atoms with Gasteiger partial charge in [-0.3, -0.25) is 4.79 Å². The van der Waals surface area contributed by atoms with Crippen molar-refractivity contribution in [3.63, 3.8) is 0 Å². The summed E-state index contributed by atoms with van der Waals surface area (Å²) >= 11 is 0. The van der Waals surface area contributed by atoms with Gasteiger partial charge in [-0.15, -0.1) is 0 Å². The van der Waals surface area contributed by atoms with Crippen molar-refractivity contribution < 1.29 is 9.53 Å². The Bertz CT molecular complexity index is 408. The van der Waals surface area contributed by atoms with Gasteiger partial charge >= 0.3 is 0 Å². The van der Waals surface area contributed by atoms with E-state index < -0.39 is 5.60 Å².